The van der Waals surface area contributed by atoms with E-state index >= 15 is 0 Å². The van der Waals surface area contributed by atoms with Gasteiger partial charge in [-0.1, -0.05) is 19.1 Å². The maximum absolute atomic E-state index is 12.2. The molecule has 0 aliphatic rings. The summed E-state index contributed by atoms with van der Waals surface area (Å²) in [5.74, 6) is 0.0980. The van der Waals surface area contributed by atoms with Crippen molar-refractivity contribution in [1.82, 2.24) is 10.6 Å². The molecule has 0 aliphatic carbocycles. The molecule has 1 aromatic rings. The number of carbonyl (C=O) groups excluding carboxylic acids is 1. The molecule has 0 fully saturated rings. The third-order valence-corrected chi connectivity index (χ3v) is 4.40. The van der Waals surface area contributed by atoms with Crippen LogP contribution in [0.2, 0.25) is 0 Å². The summed E-state index contributed by atoms with van der Waals surface area (Å²) in [5.41, 5.74) is 1.10. The number of benzene rings is 1. The first kappa shape index (κ1) is 17.1. The average molecular weight is 294 g/mol. The Hall–Kier alpha value is -1.00. The van der Waals surface area contributed by atoms with Crippen LogP contribution in [0.25, 0.3) is 0 Å². The van der Waals surface area contributed by atoms with Gasteiger partial charge in [0.1, 0.15) is 0 Å². The fraction of sp³-hybridized carbons (Fsp3) is 0.562. The maximum atomic E-state index is 12.2. The van der Waals surface area contributed by atoms with E-state index in [2.05, 4.69) is 49.6 Å². The first-order chi connectivity index (χ1) is 9.38. The van der Waals surface area contributed by atoms with E-state index in [0.717, 1.165) is 17.9 Å². The third-order valence-electron chi connectivity index (χ3n) is 3.31. The Balaban J connectivity index is 2.63. The molecule has 0 radical (unpaired) electrons. The smallest absolute Gasteiger partial charge is 0.233 e. The number of amides is 1. The van der Waals surface area contributed by atoms with Gasteiger partial charge >= 0.3 is 0 Å². The first-order valence-electron chi connectivity index (χ1n) is 7.10. The van der Waals surface area contributed by atoms with E-state index in [9.17, 15) is 4.79 Å². The monoisotopic (exact) mass is 294 g/mol. The molecule has 2 N–H and O–H groups in total. The van der Waals surface area contributed by atoms with Gasteiger partial charge in [-0.25, -0.2) is 0 Å². The van der Waals surface area contributed by atoms with Gasteiger partial charge in [0.05, 0.1) is 5.25 Å². The van der Waals surface area contributed by atoms with Crippen molar-refractivity contribution in [3.8, 4) is 0 Å². The fourth-order valence-corrected chi connectivity index (χ4v) is 2.66. The van der Waals surface area contributed by atoms with E-state index in [1.165, 1.54) is 5.56 Å². The van der Waals surface area contributed by atoms with Gasteiger partial charge in [0.25, 0.3) is 0 Å². The van der Waals surface area contributed by atoms with Crippen LogP contribution in [0.1, 0.15) is 39.7 Å². The second-order valence-electron chi connectivity index (χ2n) is 5.66. The average Bonchev–Trinajstić information content (AvgIpc) is 2.39. The van der Waals surface area contributed by atoms with Crippen molar-refractivity contribution >= 4 is 17.7 Å². The van der Waals surface area contributed by atoms with Crippen LogP contribution in [0, 0.1) is 0 Å². The predicted octanol–water partition coefficient (Wildman–Crippen LogP) is 3.19. The number of carbonyl (C=O) groups is 1. The van der Waals surface area contributed by atoms with Gasteiger partial charge in [-0.3, -0.25) is 4.79 Å². The highest BCUT2D eigenvalue weighted by molar-refractivity contribution is 8.00. The fourth-order valence-electron chi connectivity index (χ4n) is 1.71. The van der Waals surface area contributed by atoms with Crippen LogP contribution in [0.4, 0.5) is 0 Å². The molecule has 4 heteroatoms. The highest BCUT2D eigenvalue weighted by atomic mass is 32.2. The Kier molecular flexibility index (Phi) is 6.56. The van der Waals surface area contributed by atoms with E-state index < -0.39 is 0 Å². The number of nitrogens with one attached hydrogen (secondary N) is 2. The van der Waals surface area contributed by atoms with E-state index in [-0.39, 0.29) is 16.7 Å². The summed E-state index contributed by atoms with van der Waals surface area (Å²) < 4.78 is 0. The molecular formula is C16H26N2OS. The van der Waals surface area contributed by atoms with Gasteiger partial charge < -0.3 is 10.6 Å². The number of hydrogen-bond acceptors (Lipinski definition) is 3. The standard InChI is InChI=1S/C16H26N2OS/c1-6-16(3,4)18-15(19)12(2)20-14-9-7-8-13(10-14)11-17-5/h7-10,12,17H,6,11H2,1-5H3,(H,18,19). The molecule has 1 rings (SSSR count). The first-order valence-corrected chi connectivity index (χ1v) is 7.98. The maximum Gasteiger partial charge on any atom is 0.233 e. The minimum Gasteiger partial charge on any atom is -0.350 e. The van der Waals surface area contributed by atoms with Crippen molar-refractivity contribution in [1.29, 1.82) is 0 Å². The molecule has 1 atom stereocenters. The van der Waals surface area contributed by atoms with Gasteiger partial charge in [0, 0.05) is 17.0 Å². The molecule has 1 aromatic carbocycles. The van der Waals surface area contributed by atoms with Gasteiger partial charge in [0.2, 0.25) is 5.91 Å². The van der Waals surface area contributed by atoms with E-state index in [1.54, 1.807) is 11.8 Å². The predicted molar refractivity (Wildman–Crippen MR) is 87.0 cm³/mol. The number of thioether (sulfide) groups is 1. The zero-order valence-corrected chi connectivity index (χ0v) is 13.9. The highest BCUT2D eigenvalue weighted by Gasteiger charge is 2.22. The minimum atomic E-state index is -0.139. The van der Waals surface area contributed by atoms with E-state index in [1.807, 2.05) is 20.0 Å². The molecule has 112 valence electrons. The zero-order valence-electron chi connectivity index (χ0n) is 13.1. The Morgan fingerprint density at radius 1 is 1.40 bits per heavy atom. The molecule has 0 saturated carbocycles. The van der Waals surface area contributed by atoms with Crippen molar-refractivity contribution in [3.63, 3.8) is 0 Å². The molecule has 0 heterocycles. The second-order valence-corrected chi connectivity index (χ2v) is 7.08. The summed E-state index contributed by atoms with van der Waals surface area (Å²) in [6, 6.07) is 8.32. The van der Waals surface area contributed by atoms with Gasteiger partial charge in [-0.15, -0.1) is 11.8 Å². The minimum absolute atomic E-state index is 0.0920. The molecule has 0 spiro atoms. The van der Waals surface area contributed by atoms with E-state index in [0.29, 0.717) is 0 Å². The lowest BCUT2D eigenvalue weighted by molar-refractivity contribution is -0.121. The lowest BCUT2D eigenvalue weighted by Crippen LogP contribution is -2.46. The summed E-state index contributed by atoms with van der Waals surface area (Å²) >= 11 is 1.60. The van der Waals surface area contributed by atoms with E-state index in [4.69, 9.17) is 0 Å². The van der Waals surface area contributed by atoms with Crippen LogP contribution in [0.15, 0.2) is 29.2 Å². The highest BCUT2D eigenvalue weighted by Crippen LogP contribution is 2.24. The van der Waals surface area contributed by atoms with Crippen molar-refractivity contribution in [2.24, 2.45) is 0 Å². The molecule has 3 nitrogen and oxygen atoms in total. The van der Waals surface area contributed by atoms with Gasteiger partial charge in [-0.2, -0.15) is 0 Å². The molecule has 0 aromatic heterocycles. The van der Waals surface area contributed by atoms with Crippen molar-refractivity contribution in [2.45, 2.75) is 56.3 Å². The Morgan fingerprint density at radius 2 is 2.10 bits per heavy atom. The SMILES string of the molecule is CCC(C)(C)NC(=O)C(C)Sc1cccc(CNC)c1. The summed E-state index contributed by atoms with van der Waals surface area (Å²) in [6.45, 7) is 8.99. The normalized spacial score (nSPS) is 13.1. The quantitative estimate of drug-likeness (QED) is 0.759. The molecule has 1 amide bonds. The van der Waals surface area contributed by atoms with Crippen molar-refractivity contribution < 1.29 is 4.79 Å². The van der Waals surface area contributed by atoms with Gasteiger partial charge in [0.15, 0.2) is 0 Å². The Morgan fingerprint density at radius 3 is 2.70 bits per heavy atom. The summed E-state index contributed by atoms with van der Waals surface area (Å²) in [6.07, 6.45) is 0.924. The molecule has 0 saturated heterocycles. The topological polar surface area (TPSA) is 41.1 Å². The van der Waals surface area contributed by atoms with Crippen molar-refractivity contribution in [3.05, 3.63) is 29.8 Å². The molecule has 20 heavy (non-hydrogen) atoms. The summed E-state index contributed by atoms with van der Waals surface area (Å²) in [5, 5.41) is 6.14. The number of hydrogen-bond donors (Lipinski definition) is 2. The molecule has 0 bridgehead atoms. The van der Waals surface area contributed by atoms with Crippen molar-refractivity contribution in [2.75, 3.05) is 7.05 Å². The van der Waals surface area contributed by atoms with Crippen LogP contribution in [0.5, 0.6) is 0 Å². The molecule has 0 aliphatic heterocycles. The molecule has 1 unspecified atom stereocenters. The zero-order chi connectivity index (χ0) is 15.2. The number of rotatable bonds is 7. The van der Waals surface area contributed by atoms with Crippen LogP contribution in [-0.2, 0) is 11.3 Å². The second kappa shape index (κ2) is 7.70. The summed E-state index contributed by atoms with van der Waals surface area (Å²) in [7, 11) is 1.93. The molecular weight excluding hydrogens is 268 g/mol. The lowest BCUT2D eigenvalue weighted by atomic mass is 10.0. The van der Waals surface area contributed by atoms with Crippen LogP contribution in [0.3, 0.4) is 0 Å². The Labute approximate surface area is 126 Å². The Bertz CT molecular complexity index is 446. The van der Waals surface area contributed by atoms with Gasteiger partial charge in [-0.05, 0) is 51.9 Å². The van der Waals surface area contributed by atoms with Crippen LogP contribution in [-0.4, -0.2) is 23.7 Å². The summed E-state index contributed by atoms with van der Waals surface area (Å²) in [4.78, 5) is 13.3. The third kappa shape index (κ3) is 5.55. The van der Waals surface area contributed by atoms with Crippen LogP contribution < -0.4 is 10.6 Å². The lowest BCUT2D eigenvalue weighted by Gasteiger charge is -2.26. The van der Waals surface area contributed by atoms with Crippen LogP contribution >= 0.6 is 11.8 Å². The largest absolute Gasteiger partial charge is 0.350 e.